The summed E-state index contributed by atoms with van der Waals surface area (Å²) in [5.41, 5.74) is 0.839. The van der Waals surface area contributed by atoms with E-state index >= 15 is 0 Å². The third-order valence-electron chi connectivity index (χ3n) is 3.94. The number of anilines is 2. The van der Waals surface area contributed by atoms with Gasteiger partial charge in [0.2, 0.25) is 32.8 Å². The highest BCUT2D eigenvalue weighted by Gasteiger charge is 2.36. The molecule has 2 aromatic rings. The van der Waals surface area contributed by atoms with Gasteiger partial charge in [0.05, 0.1) is 11.6 Å². The van der Waals surface area contributed by atoms with Crippen LogP contribution in [-0.2, 0) is 19.4 Å². The summed E-state index contributed by atoms with van der Waals surface area (Å²) >= 11 is 0. The van der Waals surface area contributed by atoms with Crippen LogP contribution in [0.4, 0.5) is 16.0 Å². The minimum atomic E-state index is -3.58. The van der Waals surface area contributed by atoms with Crippen molar-refractivity contribution < 1.29 is 22.4 Å². The summed E-state index contributed by atoms with van der Waals surface area (Å²) in [4.78, 5) is 29.4. The highest BCUT2D eigenvalue weighted by Crippen LogP contribution is 2.28. The number of nitrogens with one attached hydrogen (secondary N) is 2. The Morgan fingerprint density at radius 2 is 2.15 bits per heavy atom. The van der Waals surface area contributed by atoms with Crippen molar-refractivity contribution in [2.24, 2.45) is 5.92 Å². The van der Waals surface area contributed by atoms with E-state index in [1.54, 1.807) is 13.0 Å². The first-order chi connectivity index (χ1) is 12.1. The van der Waals surface area contributed by atoms with E-state index in [4.69, 9.17) is 0 Å². The fourth-order valence-electron chi connectivity index (χ4n) is 2.63. The number of carbonyl (C=O) groups excluding carboxylic acids is 2. The number of sulfone groups is 1. The predicted octanol–water partition coefficient (Wildman–Crippen LogP) is 0.647. The lowest BCUT2D eigenvalue weighted by atomic mass is 10.1. The Morgan fingerprint density at radius 3 is 2.77 bits per heavy atom. The lowest BCUT2D eigenvalue weighted by molar-refractivity contribution is -0.122. The molecule has 0 spiro atoms. The standard InChI is InChI=1S/C15H16FN5O4S/c1-8-3-4-11(10(16)5-8)21-7-9(6-12(21)22)13(23)17-14-18-15(20-19-14)26(2,24)25/h3-5,9H,6-7H2,1-2H3,(H2,17,18,19,20,23). The number of hydrogen-bond acceptors (Lipinski definition) is 6. The van der Waals surface area contributed by atoms with E-state index in [9.17, 15) is 22.4 Å². The van der Waals surface area contributed by atoms with Crippen molar-refractivity contribution in [3.05, 3.63) is 29.6 Å². The van der Waals surface area contributed by atoms with Gasteiger partial charge in [-0.25, -0.2) is 17.9 Å². The van der Waals surface area contributed by atoms with Crippen LogP contribution in [0, 0.1) is 18.7 Å². The van der Waals surface area contributed by atoms with Crippen LogP contribution >= 0.6 is 0 Å². The third kappa shape index (κ3) is 3.57. The molecule has 9 nitrogen and oxygen atoms in total. The summed E-state index contributed by atoms with van der Waals surface area (Å²) < 4.78 is 36.8. The lowest BCUT2D eigenvalue weighted by Gasteiger charge is -2.17. The van der Waals surface area contributed by atoms with E-state index in [0.717, 1.165) is 11.8 Å². The van der Waals surface area contributed by atoms with E-state index < -0.39 is 27.5 Å². The van der Waals surface area contributed by atoms with Crippen molar-refractivity contribution in [1.82, 2.24) is 15.2 Å². The Balaban J connectivity index is 1.72. The average molecular weight is 381 g/mol. The normalized spacial score (nSPS) is 17.6. The molecule has 1 aromatic carbocycles. The molecule has 1 aliphatic rings. The molecule has 1 fully saturated rings. The molecule has 26 heavy (non-hydrogen) atoms. The molecule has 1 saturated heterocycles. The van der Waals surface area contributed by atoms with Crippen LogP contribution in [0.2, 0.25) is 0 Å². The van der Waals surface area contributed by atoms with Gasteiger partial charge >= 0.3 is 0 Å². The van der Waals surface area contributed by atoms with E-state index in [0.29, 0.717) is 0 Å². The zero-order chi connectivity index (χ0) is 19.1. The lowest BCUT2D eigenvalue weighted by Crippen LogP contribution is -2.29. The number of aromatic nitrogens is 3. The molecule has 3 rings (SSSR count). The quantitative estimate of drug-likeness (QED) is 0.801. The van der Waals surface area contributed by atoms with Crippen molar-refractivity contribution >= 4 is 33.3 Å². The number of halogens is 1. The molecule has 2 heterocycles. The van der Waals surface area contributed by atoms with E-state index in [2.05, 4.69) is 20.5 Å². The topological polar surface area (TPSA) is 125 Å². The fraction of sp³-hybridized carbons (Fsp3) is 0.333. The molecule has 11 heteroatoms. The zero-order valence-corrected chi connectivity index (χ0v) is 14.8. The molecule has 0 radical (unpaired) electrons. The summed E-state index contributed by atoms with van der Waals surface area (Å²) in [6.45, 7) is 1.74. The molecular weight excluding hydrogens is 365 g/mol. The molecule has 0 aliphatic carbocycles. The number of aryl methyl sites for hydroxylation is 1. The summed E-state index contributed by atoms with van der Waals surface area (Å²) in [6.07, 6.45) is 0.852. The van der Waals surface area contributed by atoms with Gasteiger partial charge in [0, 0.05) is 19.2 Å². The van der Waals surface area contributed by atoms with Crippen LogP contribution in [0.5, 0.6) is 0 Å². The van der Waals surface area contributed by atoms with Gasteiger partial charge in [-0.3, -0.25) is 14.9 Å². The first-order valence-corrected chi connectivity index (χ1v) is 9.54. The maximum atomic E-state index is 14.1. The first-order valence-electron chi connectivity index (χ1n) is 7.65. The van der Waals surface area contributed by atoms with Gasteiger partial charge in [-0.1, -0.05) is 6.07 Å². The Hall–Kier alpha value is -2.82. The van der Waals surface area contributed by atoms with Gasteiger partial charge < -0.3 is 4.90 Å². The van der Waals surface area contributed by atoms with Gasteiger partial charge in [-0.05, 0) is 24.6 Å². The van der Waals surface area contributed by atoms with Crippen LogP contribution in [-0.4, -0.2) is 48.2 Å². The predicted molar refractivity (Wildman–Crippen MR) is 89.7 cm³/mol. The second-order valence-corrected chi connectivity index (χ2v) is 8.02. The number of H-pyrrole nitrogens is 1. The van der Waals surface area contributed by atoms with Crippen LogP contribution in [0.25, 0.3) is 0 Å². The van der Waals surface area contributed by atoms with Gasteiger partial charge in [-0.2, -0.15) is 4.98 Å². The van der Waals surface area contributed by atoms with Crippen LogP contribution in [0.1, 0.15) is 12.0 Å². The number of hydrogen-bond donors (Lipinski definition) is 2. The molecule has 1 atom stereocenters. The molecule has 0 bridgehead atoms. The van der Waals surface area contributed by atoms with Gasteiger partial charge in [0.1, 0.15) is 5.82 Å². The molecule has 2 amide bonds. The van der Waals surface area contributed by atoms with Crippen LogP contribution in [0.15, 0.2) is 23.4 Å². The van der Waals surface area contributed by atoms with Crippen molar-refractivity contribution in [3.8, 4) is 0 Å². The average Bonchev–Trinajstić information content (AvgIpc) is 3.14. The number of benzene rings is 1. The highest BCUT2D eigenvalue weighted by molar-refractivity contribution is 7.90. The SMILES string of the molecule is Cc1ccc(N2CC(C(=O)Nc3n[nH]c(S(C)(=O)=O)n3)CC2=O)c(F)c1. The van der Waals surface area contributed by atoms with Crippen molar-refractivity contribution in [2.75, 3.05) is 23.0 Å². The molecular formula is C15H16FN5O4S. The third-order valence-corrected chi connectivity index (χ3v) is 4.83. The highest BCUT2D eigenvalue weighted by atomic mass is 32.2. The first kappa shape index (κ1) is 18.0. The van der Waals surface area contributed by atoms with Crippen LogP contribution < -0.4 is 10.2 Å². The number of aromatic amines is 1. The van der Waals surface area contributed by atoms with E-state index in [1.807, 2.05) is 0 Å². The number of nitrogens with zero attached hydrogens (tertiary/aromatic N) is 3. The Bertz CT molecular complexity index is 988. The Labute approximate surface area is 148 Å². The van der Waals surface area contributed by atoms with Crippen LogP contribution in [0.3, 0.4) is 0 Å². The number of amides is 2. The molecule has 2 N–H and O–H groups in total. The van der Waals surface area contributed by atoms with Gasteiger partial charge in [0.15, 0.2) is 0 Å². The second kappa shape index (κ2) is 6.48. The minimum absolute atomic E-state index is 0.00794. The minimum Gasteiger partial charge on any atom is -0.309 e. The van der Waals surface area contributed by atoms with Crippen molar-refractivity contribution in [2.45, 2.75) is 18.5 Å². The number of carbonyl (C=O) groups is 2. The van der Waals surface area contributed by atoms with Gasteiger partial charge in [-0.15, -0.1) is 5.10 Å². The summed E-state index contributed by atoms with van der Waals surface area (Å²) in [5, 5.41) is 7.80. The largest absolute Gasteiger partial charge is 0.309 e. The Morgan fingerprint density at radius 1 is 1.42 bits per heavy atom. The van der Waals surface area contributed by atoms with E-state index in [1.165, 1.54) is 17.0 Å². The maximum Gasteiger partial charge on any atom is 0.249 e. The summed E-state index contributed by atoms with van der Waals surface area (Å²) in [6, 6.07) is 4.49. The summed E-state index contributed by atoms with van der Waals surface area (Å²) in [7, 11) is -3.58. The molecule has 1 aliphatic heterocycles. The van der Waals surface area contributed by atoms with Crippen molar-refractivity contribution in [1.29, 1.82) is 0 Å². The summed E-state index contributed by atoms with van der Waals surface area (Å²) in [5.74, 6) is -2.40. The number of rotatable bonds is 4. The van der Waals surface area contributed by atoms with Gasteiger partial charge in [0.25, 0.3) is 0 Å². The van der Waals surface area contributed by atoms with E-state index in [-0.39, 0.29) is 35.7 Å². The Kier molecular flexibility index (Phi) is 4.48. The smallest absolute Gasteiger partial charge is 0.249 e. The molecule has 138 valence electrons. The molecule has 1 unspecified atom stereocenters. The zero-order valence-electron chi connectivity index (χ0n) is 14.0. The maximum absolute atomic E-state index is 14.1. The second-order valence-electron chi connectivity index (χ2n) is 6.09. The molecule has 1 aromatic heterocycles. The fourth-order valence-corrected chi connectivity index (χ4v) is 3.09. The van der Waals surface area contributed by atoms with Crippen molar-refractivity contribution in [3.63, 3.8) is 0 Å². The molecule has 0 saturated carbocycles. The monoisotopic (exact) mass is 381 g/mol.